The van der Waals surface area contributed by atoms with Crippen LogP contribution in [0.15, 0.2) is 0 Å². The van der Waals surface area contributed by atoms with Crippen molar-refractivity contribution < 1.29 is 24.2 Å². The van der Waals surface area contributed by atoms with Crippen LogP contribution in [-0.2, 0) is 14.3 Å². The lowest BCUT2D eigenvalue weighted by atomic mass is 9.84. The van der Waals surface area contributed by atoms with Gasteiger partial charge in [0.15, 0.2) is 0 Å². The van der Waals surface area contributed by atoms with E-state index in [0.717, 1.165) is 0 Å². The van der Waals surface area contributed by atoms with Crippen molar-refractivity contribution in [2.45, 2.75) is 39.2 Å². The molecular formula is C13H23NO5. The summed E-state index contributed by atoms with van der Waals surface area (Å²) >= 11 is 0. The molecule has 0 unspecified atom stereocenters. The fraction of sp³-hybridized carbons (Fsp3) is 0.846. The lowest BCUT2D eigenvalue weighted by Crippen LogP contribution is -2.40. The van der Waals surface area contributed by atoms with Gasteiger partial charge in [0.25, 0.3) is 0 Å². The van der Waals surface area contributed by atoms with Crippen molar-refractivity contribution in [3.63, 3.8) is 0 Å². The third-order valence-electron chi connectivity index (χ3n) is 3.24. The normalized spacial score (nSPS) is 23.5. The standard InChI is InChI=1S/C13H23NO5/c1-12(2,3)19-11(17)14-7-5-13(9-14,10(15)16)6-8-18-4/h5-9H2,1-4H3,(H,15,16)/t13-/m1/s1. The van der Waals surface area contributed by atoms with Crippen LogP contribution < -0.4 is 0 Å². The van der Waals surface area contributed by atoms with Gasteiger partial charge in [-0.3, -0.25) is 4.79 Å². The number of carbonyl (C=O) groups excluding carboxylic acids is 1. The van der Waals surface area contributed by atoms with Gasteiger partial charge in [0, 0.05) is 26.8 Å². The molecule has 1 amide bonds. The zero-order valence-electron chi connectivity index (χ0n) is 12.1. The van der Waals surface area contributed by atoms with Crippen LogP contribution in [0, 0.1) is 5.41 Å². The van der Waals surface area contributed by atoms with E-state index >= 15 is 0 Å². The average Bonchev–Trinajstić information content (AvgIpc) is 2.69. The summed E-state index contributed by atoms with van der Waals surface area (Å²) in [5.74, 6) is -0.879. The smallest absolute Gasteiger partial charge is 0.410 e. The summed E-state index contributed by atoms with van der Waals surface area (Å²) in [6, 6.07) is 0. The van der Waals surface area contributed by atoms with Crippen LogP contribution in [0.3, 0.4) is 0 Å². The second kappa shape index (κ2) is 5.77. The minimum Gasteiger partial charge on any atom is -0.481 e. The molecule has 1 fully saturated rings. The van der Waals surface area contributed by atoms with Gasteiger partial charge in [-0.15, -0.1) is 0 Å². The van der Waals surface area contributed by atoms with Crippen LogP contribution in [0.1, 0.15) is 33.6 Å². The van der Waals surface area contributed by atoms with E-state index in [0.29, 0.717) is 26.0 Å². The Kier molecular flexibility index (Phi) is 4.79. The summed E-state index contributed by atoms with van der Waals surface area (Å²) in [4.78, 5) is 24.8. The molecule has 1 N–H and O–H groups in total. The molecule has 1 rings (SSSR count). The average molecular weight is 273 g/mol. The van der Waals surface area contributed by atoms with Crippen LogP contribution >= 0.6 is 0 Å². The summed E-state index contributed by atoms with van der Waals surface area (Å²) in [6.07, 6.45) is 0.385. The molecule has 1 saturated heterocycles. The first kappa shape index (κ1) is 15.8. The van der Waals surface area contributed by atoms with Gasteiger partial charge in [0.05, 0.1) is 5.41 Å². The van der Waals surface area contributed by atoms with Gasteiger partial charge in [0.2, 0.25) is 0 Å². The van der Waals surface area contributed by atoms with Crippen molar-refractivity contribution in [3.8, 4) is 0 Å². The van der Waals surface area contributed by atoms with Crippen LogP contribution in [0.4, 0.5) is 4.79 Å². The molecule has 1 atom stereocenters. The first-order valence-corrected chi connectivity index (χ1v) is 6.40. The van der Waals surface area contributed by atoms with E-state index in [2.05, 4.69) is 0 Å². The molecule has 6 nitrogen and oxygen atoms in total. The summed E-state index contributed by atoms with van der Waals surface area (Å²) in [6.45, 7) is 6.32. The number of likely N-dealkylation sites (tertiary alicyclic amines) is 1. The number of hydrogen-bond donors (Lipinski definition) is 1. The van der Waals surface area contributed by atoms with Gasteiger partial charge in [-0.05, 0) is 33.6 Å². The Morgan fingerprint density at radius 2 is 2.00 bits per heavy atom. The third kappa shape index (κ3) is 4.09. The number of aliphatic carboxylic acids is 1. The first-order chi connectivity index (χ1) is 8.70. The van der Waals surface area contributed by atoms with Gasteiger partial charge < -0.3 is 19.5 Å². The Morgan fingerprint density at radius 3 is 2.47 bits per heavy atom. The molecule has 0 saturated carbocycles. The molecule has 0 spiro atoms. The molecule has 0 aromatic rings. The Balaban J connectivity index is 2.68. The van der Waals surface area contributed by atoms with E-state index in [9.17, 15) is 14.7 Å². The number of carboxylic acids is 1. The van der Waals surface area contributed by atoms with Crippen LogP contribution in [0.25, 0.3) is 0 Å². The lowest BCUT2D eigenvalue weighted by molar-refractivity contribution is -0.149. The minimum absolute atomic E-state index is 0.181. The number of methoxy groups -OCH3 is 1. The molecular weight excluding hydrogens is 250 g/mol. The zero-order valence-corrected chi connectivity index (χ0v) is 12.1. The van der Waals surface area contributed by atoms with E-state index in [4.69, 9.17) is 9.47 Å². The van der Waals surface area contributed by atoms with Crippen molar-refractivity contribution in [1.29, 1.82) is 0 Å². The van der Waals surface area contributed by atoms with E-state index in [1.54, 1.807) is 20.8 Å². The molecule has 0 bridgehead atoms. The first-order valence-electron chi connectivity index (χ1n) is 6.40. The van der Waals surface area contributed by atoms with Crippen LogP contribution in [0.5, 0.6) is 0 Å². The van der Waals surface area contributed by atoms with E-state index in [1.165, 1.54) is 12.0 Å². The Morgan fingerprint density at radius 1 is 1.37 bits per heavy atom. The highest BCUT2D eigenvalue weighted by molar-refractivity contribution is 5.78. The summed E-state index contributed by atoms with van der Waals surface area (Å²) < 4.78 is 10.2. The number of nitrogens with zero attached hydrogens (tertiary/aromatic N) is 1. The number of carboxylic acid groups (broad SMARTS) is 1. The SMILES string of the molecule is COCC[C@]1(C(=O)O)CCN(C(=O)OC(C)(C)C)C1. The molecule has 1 heterocycles. The van der Waals surface area contributed by atoms with Gasteiger partial charge >= 0.3 is 12.1 Å². The maximum Gasteiger partial charge on any atom is 0.410 e. The zero-order chi connectivity index (χ0) is 14.7. The molecule has 6 heteroatoms. The number of ether oxygens (including phenoxy) is 2. The molecule has 1 aliphatic heterocycles. The van der Waals surface area contributed by atoms with Gasteiger partial charge in [-0.2, -0.15) is 0 Å². The van der Waals surface area contributed by atoms with Crippen molar-refractivity contribution in [1.82, 2.24) is 4.90 Å². The highest BCUT2D eigenvalue weighted by atomic mass is 16.6. The molecule has 0 aromatic heterocycles. The summed E-state index contributed by atoms with van der Waals surface area (Å²) in [5, 5.41) is 9.39. The molecule has 0 aromatic carbocycles. The Labute approximate surface area is 113 Å². The second-order valence-electron chi connectivity index (χ2n) is 5.98. The molecule has 110 valence electrons. The topological polar surface area (TPSA) is 76.1 Å². The highest BCUT2D eigenvalue weighted by Gasteiger charge is 2.46. The van der Waals surface area contributed by atoms with Gasteiger partial charge in [-0.25, -0.2) is 4.79 Å². The van der Waals surface area contributed by atoms with Crippen molar-refractivity contribution in [2.75, 3.05) is 26.8 Å². The maximum atomic E-state index is 11.9. The van der Waals surface area contributed by atoms with E-state index < -0.39 is 23.1 Å². The molecule has 1 aliphatic rings. The fourth-order valence-corrected chi connectivity index (χ4v) is 2.14. The predicted octanol–water partition coefficient (Wildman–Crippen LogP) is 1.73. The van der Waals surface area contributed by atoms with Gasteiger partial charge in [-0.1, -0.05) is 0 Å². The number of rotatable bonds is 4. The van der Waals surface area contributed by atoms with Crippen molar-refractivity contribution in [3.05, 3.63) is 0 Å². The molecule has 0 aliphatic carbocycles. The van der Waals surface area contributed by atoms with Gasteiger partial charge in [0.1, 0.15) is 5.60 Å². The fourth-order valence-electron chi connectivity index (χ4n) is 2.14. The van der Waals surface area contributed by atoms with Crippen LogP contribution in [-0.4, -0.2) is 54.5 Å². The number of carbonyl (C=O) groups is 2. The Bertz CT molecular complexity index is 349. The number of amides is 1. The monoisotopic (exact) mass is 273 g/mol. The Hall–Kier alpha value is -1.30. The summed E-state index contributed by atoms with van der Waals surface area (Å²) in [7, 11) is 1.54. The van der Waals surface area contributed by atoms with Crippen molar-refractivity contribution in [2.24, 2.45) is 5.41 Å². The highest BCUT2D eigenvalue weighted by Crippen LogP contribution is 2.35. The lowest BCUT2D eigenvalue weighted by Gasteiger charge is -2.26. The van der Waals surface area contributed by atoms with Crippen molar-refractivity contribution >= 4 is 12.1 Å². The van der Waals surface area contributed by atoms with E-state index in [-0.39, 0.29) is 6.54 Å². The molecule has 19 heavy (non-hydrogen) atoms. The number of hydrogen-bond acceptors (Lipinski definition) is 4. The third-order valence-corrected chi connectivity index (χ3v) is 3.24. The quantitative estimate of drug-likeness (QED) is 0.844. The maximum absolute atomic E-state index is 11.9. The largest absolute Gasteiger partial charge is 0.481 e. The minimum atomic E-state index is -0.910. The summed E-state index contributed by atoms with van der Waals surface area (Å²) in [5.41, 5.74) is -1.48. The molecule has 0 radical (unpaired) electrons. The van der Waals surface area contributed by atoms with Crippen LogP contribution in [0.2, 0.25) is 0 Å². The van der Waals surface area contributed by atoms with E-state index in [1.807, 2.05) is 0 Å². The predicted molar refractivity (Wildman–Crippen MR) is 69.0 cm³/mol. The second-order valence-corrected chi connectivity index (χ2v) is 5.98.